The summed E-state index contributed by atoms with van der Waals surface area (Å²) in [5.74, 6) is 1.39. The maximum atomic E-state index is 14.0. The second-order valence-corrected chi connectivity index (χ2v) is 7.56. The molecule has 4 nitrogen and oxygen atoms in total. The largest absolute Gasteiger partial charge is 0.486 e. The van der Waals surface area contributed by atoms with Crippen molar-refractivity contribution in [2.45, 2.75) is 31.2 Å². The highest BCUT2D eigenvalue weighted by Gasteiger charge is 2.48. The minimum absolute atomic E-state index is 0.0141. The van der Waals surface area contributed by atoms with Gasteiger partial charge in [-0.25, -0.2) is 4.39 Å². The van der Waals surface area contributed by atoms with Crippen LogP contribution in [0.25, 0.3) is 0 Å². The Kier molecular flexibility index (Phi) is 4.03. The summed E-state index contributed by atoms with van der Waals surface area (Å²) in [5, 5.41) is 0. The minimum atomic E-state index is -0.206. The van der Waals surface area contributed by atoms with Gasteiger partial charge in [0.15, 0.2) is 11.5 Å². The van der Waals surface area contributed by atoms with Gasteiger partial charge in [0.1, 0.15) is 19.0 Å². The first kappa shape index (κ1) is 16.6. The molecular formula is C22H22FNO3. The van der Waals surface area contributed by atoms with Crippen LogP contribution in [0.4, 0.5) is 4.39 Å². The molecule has 1 saturated carbocycles. The molecule has 2 aliphatic heterocycles. The topological polar surface area (TPSA) is 38.8 Å². The van der Waals surface area contributed by atoms with Crippen LogP contribution in [0, 0.1) is 11.7 Å². The van der Waals surface area contributed by atoms with Crippen LogP contribution in [0.3, 0.4) is 0 Å². The van der Waals surface area contributed by atoms with Crippen LogP contribution in [-0.4, -0.2) is 30.6 Å². The average Bonchev–Trinajstić information content (AvgIpc) is 3.34. The first-order chi connectivity index (χ1) is 13.2. The van der Waals surface area contributed by atoms with Gasteiger partial charge in [0.25, 0.3) is 0 Å². The van der Waals surface area contributed by atoms with E-state index in [1.165, 1.54) is 6.07 Å². The molecular weight excluding hydrogens is 345 g/mol. The fraction of sp³-hybridized carbons (Fsp3) is 0.409. The van der Waals surface area contributed by atoms with Gasteiger partial charge in [0, 0.05) is 12.5 Å². The Morgan fingerprint density at radius 3 is 2.74 bits per heavy atom. The molecule has 0 spiro atoms. The standard InChI is InChI=1S/C22H22FNO3/c23-18-5-2-1-4-15(18)16-13-17(16)22(25)24-9-3-6-19(24)14-7-8-20-21(12-14)27-11-10-26-20/h1-2,4-5,7-8,12,16-17,19H,3,6,9-11,13H2. The number of nitrogens with zero attached hydrogens (tertiary/aromatic N) is 1. The van der Waals surface area contributed by atoms with Gasteiger partial charge < -0.3 is 14.4 Å². The summed E-state index contributed by atoms with van der Waals surface area (Å²) in [4.78, 5) is 15.1. The highest BCUT2D eigenvalue weighted by atomic mass is 19.1. The van der Waals surface area contributed by atoms with E-state index in [-0.39, 0.29) is 29.6 Å². The van der Waals surface area contributed by atoms with Crippen LogP contribution < -0.4 is 9.47 Å². The Bertz CT molecular complexity index is 884. The van der Waals surface area contributed by atoms with Crippen molar-refractivity contribution in [2.75, 3.05) is 19.8 Å². The molecule has 3 unspecified atom stereocenters. The van der Waals surface area contributed by atoms with Gasteiger partial charge in [0.05, 0.1) is 6.04 Å². The Morgan fingerprint density at radius 2 is 1.89 bits per heavy atom. The molecule has 27 heavy (non-hydrogen) atoms. The molecule has 2 aromatic rings. The molecule has 3 aliphatic rings. The molecule has 0 N–H and O–H groups in total. The molecule has 2 heterocycles. The van der Waals surface area contributed by atoms with Crippen LogP contribution >= 0.6 is 0 Å². The fourth-order valence-corrected chi connectivity index (χ4v) is 4.44. The number of likely N-dealkylation sites (tertiary alicyclic amines) is 1. The molecule has 3 atom stereocenters. The van der Waals surface area contributed by atoms with Crippen molar-refractivity contribution in [3.05, 3.63) is 59.4 Å². The maximum Gasteiger partial charge on any atom is 0.226 e. The third kappa shape index (κ3) is 2.95. The zero-order chi connectivity index (χ0) is 18.4. The quantitative estimate of drug-likeness (QED) is 0.821. The molecule has 5 rings (SSSR count). The van der Waals surface area contributed by atoms with Crippen molar-refractivity contribution in [1.29, 1.82) is 0 Å². The smallest absolute Gasteiger partial charge is 0.226 e. The highest BCUT2D eigenvalue weighted by Crippen LogP contribution is 2.51. The summed E-state index contributed by atoms with van der Waals surface area (Å²) < 4.78 is 25.3. The van der Waals surface area contributed by atoms with Gasteiger partial charge in [-0.1, -0.05) is 24.3 Å². The van der Waals surface area contributed by atoms with Crippen LogP contribution in [-0.2, 0) is 4.79 Å². The van der Waals surface area contributed by atoms with Crippen molar-refractivity contribution in [3.8, 4) is 11.5 Å². The Labute approximate surface area is 157 Å². The predicted molar refractivity (Wildman–Crippen MR) is 98.4 cm³/mol. The Hall–Kier alpha value is -2.56. The van der Waals surface area contributed by atoms with Crippen LogP contribution in [0.2, 0.25) is 0 Å². The van der Waals surface area contributed by atoms with Crippen molar-refractivity contribution >= 4 is 5.91 Å². The van der Waals surface area contributed by atoms with Gasteiger partial charge in [-0.15, -0.1) is 0 Å². The molecule has 1 saturated heterocycles. The van der Waals surface area contributed by atoms with Gasteiger partial charge >= 0.3 is 0 Å². The molecule has 1 amide bonds. The Balaban J connectivity index is 1.34. The molecule has 5 heteroatoms. The molecule has 140 valence electrons. The molecule has 0 aromatic heterocycles. The van der Waals surface area contributed by atoms with E-state index < -0.39 is 0 Å². The lowest BCUT2D eigenvalue weighted by Crippen LogP contribution is -2.32. The number of carbonyl (C=O) groups excluding carboxylic acids is 1. The van der Waals surface area contributed by atoms with Crippen molar-refractivity contribution < 1.29 is 18.7 Å². The summed E-state index contributed by atoms with van der Waals surface area (Å²) in [7, 11) is 0. The number of rotatable bonds is 3. The number of carbonyl (C=O) groups is 1. The number of hydrogen-bond donors (Lipinski definition) is 0. The summed E-state index contributed by atoms with van der Waals surface area (Å²) in [6.07, 6.45) is 2.68. The summed E-state index contributed by atoms with van der Waals surface area (Å²) >= 11 is 0. The van der Waals surface area contributed by atoms with E-state index in [0.29, 0.717) is 18.8 Å². The third-order valence-corrected chi connectivity index (χ3v) is 5.90. The van der Waals surface area contributed by atoms with Crippen molar-refractivity contribution in [1.82, 2.24) is 4.90 Å². The van der Waals surface area contributed by atoms with Gasteiger partial charge in [-0.05, 0) is 54.5 Å². The summed E-state index contributed by atoms with van der Waals surface area (Å²) in [5.41, 5.74) is 1.76. The minimum Gasteiger partial charge on any atom is -0.486 e. The molecule has 0 radical (unpaired) electrons. The van der Waals surface area contributed by atoms with E-state index in [0.717, 1.165) is 42.9 Å². The molecule has 0 bridgehead atoms. The van der Waals surface area contributed by atoms with E-state index >= 15 is 0 Å². The van der Waals surface area contributed by atoms with Gasteiger partial charge in [-0.3, -0.25) is 4.79 Å². The molecule has 2 aromatic carbocycles. The number of ether oxygens (including phenoxy) is 2. The number of fused-ring (bicyclic) bond motifs is 1. The highest BCUT2D eigenvalue weighted by molar-refractivity contribution is 5.83. The maximum absolute atomic E-state index is 14.0. The number of amides is 1. The van der Waals surface area contributed by atoms with E-state index in [1.54, 1.807) is 12.1 Å². The SMILES string of the molecule is O=C(C1CC1c1ccccc1F)N1CCCC1c1ccc2c(c1)OCCO2. The second-order valence-electron chi connectivity index (χ2n) is 7.56. The fourth-order valence-electron chi connectivity index (χ4n) is 4.44. The zero-order valence-corrected chi connectivity index (χ0v) is 15.1. The Morgan fingerprint density at radius 1 is 1.07 bits per heavy atom. The number of benzene rings is 2. The third-order valence-electron chi connectivity index (χ3n) is 5.90. The average molecular weight is 367 g/mol. The second kappa shape index (κ2) is 6.55. The summed E-state index contributed by atoms with van der Waals surface area (Å²) in [6, 6.07) is 12.8. The molecule has 1 aliphatic carbocycles. The lowest BCUT2D eigenvalue weighted by Gasteiger charge is -2.27. The van der Waals surface area contributed by atoms with Gasteiger partial charge in [0.2, 0.25) is 5.91 Å². The van der Waals surface area contributed by atoms with Crippen molar-refractivity contribution in [2.24, 2.45) is 5.92 Å². The monoisotopic (exact) mass is 367 g/mol. The zero-order valence-electron chi connectivity index (χ0n) is 15.1. The van der Waals surface area contributed by atoms with E-state index in [4.69, 9.17) is 9.47 Å². The lowest BCUT2D eigenvalue weighted by atomic mass is 10.0. The van der Waals surface area contributed by atoms with E-state index in [1.807, 2.05) is 29.2 Å². The molecule has 2 fully saturated rings. The van der Waals surface area contributed by atoms with Crippen molar-refractivity contribution in [3.63, 3.8) is 0 Å². The predicted octanol–water partition coefficient (Wildman–Crippen LogP) is 4.06. The first-order valence-electron chi connectivity index (χ1n) is 9.67. The number of halogens is 1. The van der Waals surface area contributed by atoms with E-state index in [2.05, 4.69) is 0 Å². The van der Waals surface area contributed by atoms with Crippen LogP contribution in [0.15, 0.2) is 42.5 Å². The normalized spacial score (nSPS) is 26.1. The van der Waals surface area contributed by atoms with Gasteiger partial charge in [-0.2, -0.15) is 0 Å². The van der Waals surface area contributed by atoms with Crippen LogP contribution in [0.1, 0.15) is 42.3 Å². The first-order valence-corrected chi connectivity index (χ1v) is 9.67. The number of hydrogen-bond acceptors (Lipinski definition) is 3. The lowest BCUT2D eigenvalue weighted by molar-refractivity contribution is -0.133. The van der Waals surface area contributed by atoms with E-state index in [9.17, 15) is 9.18 Å². The van der Waals surface area contributed by atoms with Crippen LogP contribution in [0.5, 0.6) is 11.5 Å². The summed E-state index contributed by atoms with van der Waals surface area (Å²) in [6.45, 7) is 1.88.